The van der Waals surface area contributed by atoms with Gasteiger partial charge in [-0.05, 0) is 30.3 Å². The number of nitrogens with one attached hydrogen (secondary N) is 1. The number of Topliss-reactive ketones (excluding diaryl/α,β-unsaturated/α-hetero) is 1. The molecule has 0 fully saturated rings. The van der Waals surface area contributed by atoms with Gasteiger partial charge in [0.2, 0.25) is 0 Å². The molecule has 0 bridgehead atoms. The monoisotopic (exact) mass is 562 g/mol. The van der Waals surface area contributed by atoms with Gasteiger partial charge < -0.3 is 24.3 Å². The zero-order valence-electron chi connectivity index (χ0n) is 20.1. The van der Waals surface area contributed by atoms with Crippen molar-refractivity contribution < 1.29 is 59.3 Å². The van der Waals surface area contributed by atoms with Gasteiger partial charge >= 0.3 is 12.5 Å². The first-order valence-electron chi connectivity index (χ1n) is 10.5. The number of nitrogens with zero attached hydrogens (tertiary/aromatic N) is 1. The number of carbonyl (C=O) groups excluding carboxylic acids is 2. The fourth-order valence-electron chi connectivity index (χ4n) is 3.26. The smallest absolute Gasteiger partial charge is 0.495 e. The van der Waals surface area contributed by atoms with E-state index in [9.17, 15) is 40.3 Å². The molecule has 39 heavy (non-hydrogen) atoms. The maximum absolute atomic E-state index is 14.3. The molecule has 1 N–H and O–H groups in total. The van der Waals surface area contributed by atoms with Crippen LogP contribution in [0.4, 0.5) is 36.4 Å². The maximum atomic E-state index is 14.3. The molecule has 0 atom stereocenters. The number of benzene rings is 2. The van der Waals surface area contributed by atoms with Crippen molar-refractivity contribution in [1.29, 1.82) is 0 Å². The molecular formula is C24H17F7N2O6. The Bertz CT molecular complexity index is 1410. The molecule has 0 aliphatic rings. The Balaban J connectivity index is 2.13. The van der Waals surface area contributed by atoms with Crippen LogP contribution < -0.4 is 24.3 Å². The molecule has 3 aromatic rings. The number of methoxy groups -OCH3 is 2. The highest BCUT2D eigenvalue weighted by molar-refractivity contribution is 6.09. The van der Waals surface area contributed by atoms with E-state index in [0.29, 0.717) is 12.3 Å². The molecule has 2 aromatic carbocycles. The summed E-state index contributed by atoms with van der Waals surface area (Å²) in [5.74, 6) is -5.96. The van der Waals surface area contributed by atoms with Crippen LogP contribution in [0.15, 0.2) is 42.6 Å². The Labute approximate surface area is 215 Å². The van der Waals surface area contributed by atoms with Crippen molar-refractivity contribution in [3.8, 4) is 28.7 Å². The average Bonchev–Trinajstić information content (AvgIpc) is 2.83. The van der Waals surface area contributed by atoms with Gasteiger partial charge in [0, 0.05) is 13.0 Å². The number of rotatable bonds is 8. The molecule has 208 valence electrons. The molecule has 1 aromatic heterocycles. The SMILES string of the molecule is COc1cc(OC(F)(F)F)ccc1Oc1ccc(C(F)(F)F)c(OC)c1C(=O)Nc1cc(C(C)=O)ncc1F. The quantitative estimate of drug-likeness (QED) is 0.251. The number of anilines is 1. The molecule has 1 heterocycles. The van der Waals surface area contributed by atoms with Gasteiger partial charge in [-0.1, -0.05) is 0 Å². The number of halogens is 7. The summed E-state index contributed by atoms with van der Waals surface area (Å²) in [6.45, 7) is 1.12. The number of carbonyl (C=O) groups is 2. The van der Waals surface area contributed by atoms with Crippen LogP contribution >= 0.6 is 0 Å². The number of aromatic nitrogens is 1. The van der Waals surface area contributed by atoms with Crippen LogP contribution in [0, 0.1) is 5.82 Å². The van der Waals surface area contributed by atoms with Crippen molar-refractivity contribution >= 4 is 17.4 Å². The lowest BCUT2D eigenvalue weighted by atomic mass is 10.1. The zero-order chi connectivity index (χ0) is 29.1. The van der Waals surface area contributed by atoms with Crippen molar-refractivity contribution in [2.24, 2.45) is 0 Å². The third-order valence-corrected chi connectivity index (χ3v) is 4.91. The number of alkyl halides is 6. The van der Waals surface area contributed by atoms with E-state index in [-0.39, 0.29) is 17.2 Å². The summed E-state index contributed by atoms with van der Waals surface area (Å²) in [4.78, 5) is 28.3. The molecule has 0 saturated heterocycles. The lowest BCUT2D eigenvalue weighted by molar-refractivity contribution is -0.274. The molecule has 0 saturated carbocycles. The van der Waals surface area contributed by atoms with Gasteiger partial charge in [-0.15, -0.1) is 13.2 Å². The number of ether oxygens (including phenoxy) is 4. The van der Waals surface area contributed by atoms with Crippen LogP contribution in [0.3, 0.4) is 0 Å². The van der Waals surface area contributed by atoms with Crippen molar-refractivity contribution in [2.75, 3.05) is 19.5 Å². The minimum absolute atomic E-state index is 0.245. The third kappa shape index (κ3) is 6.86. The van der Waals surface area contributed by atoms with E-state index in [4.69, 9.17) is 14.2 Å². The summed E-state index contributed by atoms with van der Waals surface area (Å²) >= 11 is 0. The fourth-order valence-corrected chi connectivity index (χ4v) is 3.26. The van der Waals surface area contributed by atoms with Gasteiger partial charge in [0.05, 0.1) is 31.7 Å². The van der Waals surface area contributed by atoms with Gasteiger partial charge in [-0.3, -0.25) is 9.59 Å². The van der Waals surface area contributed by atoms with Crippen LogP contribution in [-0.2, 0) is 6.18 Å². The summed E-state index contributed by atoms with van der Waals surface area (Å²) in [7, 11) is 1.91. The first-order chi connectivity index (χ1) is 18.1. The average molecular weight is 562 g/mol. The Morgan fingerprint density at radius 1 is 0.897 bits per heavy atom. The van der Waals surface area contributed by atoms with E-state index >= 15 is 0 Å². The summed E-state index contributed by atoms with van der Waals surface area (Å²) in [5, 5.41) is 2.06. The molecule has 0 aliphatic carbocycles. The second-order valence-corrected chi connectivity index (χ2v) is 7.54. The van der Waals surface area contributed by atoms with Gasteiger partial charge in [0.15, 0.2) is 23.1 Å². The van der Waals surface area contributed by atoms with Gasteiger partial charge in [0.1, 0.15) is 28.5 Å². The first kappa shape index (κ1) is 29.0. The molecule has 0 unspecified atom stereocenters. The fraction of sp³-hybridized carbons (Fsp3) is 0.208. The van der Waals surface area contributed by atoms with Crippen molar-refractivity contribution in [2.45, 2.75) is 19.5 Å². The largest absolute Gasteiger partial charge is 0.573 e. The van der Waals surface area contributed by atoms with E-state index in [1.807, 2.05) is 0 Å². The van der Waals surface area contributed by atoms with E-state index in [1.165, 1.54) is 0 Å². The van der Waals surface area contributed by atoms with Crippen molar-refractivity contribution in [3.63, 3.8) is 0 Å². The topological polar surface area (TPSA) is 96.0 Å². The van der Waals surface area contributed by atoms with Crippen LogP contribution in [0.2, 0.25) is 0 Å². The standard InChI is InChI=1S/C24H17F7N2O6/c1-11(34)15-9-16(14(25)10-32-15)33-22(35)20-18(7-5-13(21(20)37-3)23(26,27)28)38-17-6-4-12(8-19(17)36-2)39-24(29,30)31/h4-10H,1-3H3,(H,32,33,35). The van der Waals surface area contributed by atoms with Gasteiger partial charge in [0.25, 0.3) is 5.91 Å². The zero-order valence-corrected chi connectivity index (χ0v) is 20.1. The Hall–Kier alpha value is -4.56. The molecule has 0 aliphatic heterocycles. The predicted octanol–water partition coefficient (Wildman–Crippen LogP) is 6.40. The van der Waals surface area contributed by atoms with Crippen LogP contribution in [0.25, 0.3) is 0 Å². The summed E-state index contributed by atoms with van der Waals surface area (Å²) in [5.41, 5.74) is -3.07. The van der Waals surface area contributed by atoms with Crippen molar-refractivity contribution in [3.05, 3.63) is 65.2 Å². The lowest BCUT2D eigenvalue weighted by Crippen LogP contribution is -2.19. The molecule has 15 heteroatoms. The molecule has 8 nitrogen and oxygen atoms in total. The van der Waals surface area contributed by atoms with E-state index in [2.05, 4.69) is 15.0 Å². The van der Waals surface area contributed by atoms with Crippen LogP contribution in [0.5, 0.6) is 28.7 Å². The number of amides is 1. The third-order valence-electron chi connectivity index (χ3n) is 4.91. The van der Waals surface area contributed by atoms with E-state index in [0.717, 1.165) is 51.5 Å². The van der Waals surface area contributed by atoms with Crippen molar-refractivity contribution in [1.82, 2.24) is 4.98 Å². The highest BCUT2D eigenvalue weighted by atomic mass is 19.4. The second kappa shape index (κ2) is 11.0. The molecule has 3 rings (SSSR count). The number of hydrogen-bond donors (Lipinski definition) is 1. The number of ketones is 1. The summed E-state index contributed by atoms with van der Waals surface area (Å²) < 4.78 is 112. The lowest BCUT2D eigenvalue weighted by Gasteiger charge is -2.20. The molecule has 0 spiro atoms. The highest BCUT2D eigenvalue weighted by Gasteiger charge is 2.38. The molecular weight excluding hydrogens is 545 g/mol. The minimum atomic E-state index is -5.02. The molecule has 1 amide bonds. The van der Waals surface area contributed by atoms with E-state index in [1.54, 1.807) is 0 Å². The highest BCUT2D eigenvalue weighted by Crippen LogP contribution is 2.44. The predicted molar refractivity (Wildman–Crippen MR) is 120 cm³/mol. The number of hydrogen-bond acceptors (Lipinski definition) is 7. The maximum Gasteiger partial charge on any atom is 0.573 e. The normalized spacial score (nSPS) is 11.5. The first-order valence-corrected chi connectivity index (χ1v) is 10.5. The summed E-state index contributed by atoms with van der Waals surface area (Å²) in [6.07, 6.45) is -9.40. The Morgan fingerprint density at radius 2 is 1.56 bits per heavy atom. The van der Waals surface area contributed by atoms with Gasteiger partial charge in [-0.2, -0.15) is 13.2 Å². The number of pyridine rings is 1. The second-order valence-electron chi connectivity index (χ2n) is 7.54. The Kier molecular flexibility index (Phi) is 8.22. The van der Waals surface area contributed by atoms with Gasteiger partial charge in [-0.25, -0.2) is 9.37 Å². The van der Waals surface area contributed by atoms with E-state index < -0.39 is 64.1 Å². The van der Waals surface area contributed by atoms with Crippen LogP contribution in [0.1, 0.15) is 33.3 Å². The summed E-state index contributed by atoms with van der Waals surface area (Å²) in [6, 6.07) is 4.75. The Morgan fingerprint density at radius 3 is 2.13 bits per heavy atom. The van der Waals surface area contributed by atoms with Crippen LogP contribution in [-0.4, -0.2) is 37.3 Å². The molecule has 0 radical (unpaired) electrons. The minimum Gasteiger partial charge on any atom is -0.495 e.